The normalized spacial score (nSPS) is 11.2. The molecule has 7 nitrogen and oxygen atoms in total. The van der Waals surface area contributed by atoms with E-state index in [1.54, 1.807) is 42.0 Å². The fraction of sp³-hybridized carbons (Fsp3) is 0.115. The Morgan fingerprint density at radius 3 is 2.54 bits per heavy atom. The lowest BCUT2D eigenvalue weighted by molar-refractivity contribution is -0.116. The van der Waals surface area contributed by atoms with Gasteiger partial charge in [-0.05, 0) is 60.2 Å². The van der Waals surface area contributed by atoms with Crippen LogP contribution in [-0.4, -0.2) is 27.1 Å². The molecule has 0 spiro atoms. The van der Waals surface area contributed by atoms with Gasteiger partial charge in [0.15, 0.2) is 0 Å². The van der Waals surface area contributed by atoms with Crippen molar-refractivity contribution in [3.63, 3.8) is 0 Å². The molecule has 0 unspecified atom stereocenters. The molecule has 0 aliphatic heterocycles. The van der Waals surface area contributed by atoms with Crippen LogP contribution in [0.4, 0.5) is 10.1 Å². The van der Waals surface area contributed by atoms with Crippen LogP contribution < -0.4 is 15.6 Å². The zero-order chi connectivity index (χ0) is 24.5. The van der Waals surface area contributed by atoms with E-state index < -0.39 is 5.82 Å². The molecule has 35 heavy (non-hydrogen) atoms. The zero-order valence-electron chi connectivity index (χ0n) is 18.7. The van der Waals surface area contributed by atoms with E-state index in [2.05, 4.69) is 10.3 Å². The fourth-order valence-corrected chi connectivity index (χ4v) is 4.18. The van der Waals surface area contributed by atoms with Gasteiger partial charge < -0.3 is 14.6 Å². The highest BCUT2D eigenvalue weighted by atomic mass is 35.5. The zero-order valence-corrected chi connectivity index (χ0v) is 19.4. The van der Waals surface area contributed by atoms with Gasteiger partial charge in [-0.25, -0.2) is 9.37 Å². The Morgan fingerprint density at radius 1 is 1.09 bits per heavy atom. The molecule has 0 aliphatic rings. The lowest BCUT2D eigenvalue weighted by Gasteiger charge is -2.10. The van der Waals surface area contributed by atoms with E-state index in [1.807, 2.05) is 24.3 Å². The standard InChI is InChI=1S/C26H20ClFN4O3/c1-35-20-9-2-16(3-10-20)13-31-15-29-24-21-12-18(28)6-11-22(21)32(25(24)26(31)34)14-23(33)30-19-7-4-17(27)5-8-19/h2-12,15H,13-14H2,1H3,(H,30,33). The number of carbonyl (C=O) groups is 1. The first-order valence-electron chi connectivity index (χ1n) is 10.8. The quantitative estimate of drug-likeness (QED) is 0.369. The third-order valence-corrected chi connectivity index (χ3v) is 5.98. The van der Waals surface area contributed by atoms with Crippen LogP contribution in [0, 0.1) is 5.82 Å². The number of carbonyl (C=O) groups excluding carboxylic acids is 1. The summed E-state index contributed by atoms with van der Waals surface area (Å²) in [7, 11) is 1.59. The number of ether oxygens (including phenoxy) is 1. The molecule has 2 heterocycles. The van der Waals surface area contributed by atoms with Gasteiger partial charge in [-0.1, -0.05) is 23.7 Å². The average molecular weight is 491 g/mol. The van der Waals surface area contributed by atoms with Crippen molar-refractivity contribution >= 4 is 45.1 Å². The van der Waals surface area contributed by atoms with E-state index >= 15 is 0 Å². The second-order valence-electron chi connectivity index (χ2n) is 8.03. The van der Waals surface area contributed by atoms with Crippen molar-refractivity contribution < 1.29 is 13.9 Å². The summed E-state index contributed by atoms with van der Waals surface area (Å²) in [5.74, 6) is -0.0877. The van der Waals surface area contributed by atoms with E-state index in [9.17, 15) is 14.0 Å². The number of benzene rings is 3. The van der Waals surface area contributed by atoms with E-state index in [0.717, 1.165) is 5.56 Å². The Labute approximate surface area is 204 Å². The molecule has 2 aromatic heterocycles. The summed E-state index contributed by atoms with van der Waals surface area (Å²) in [6.07, 6.45) is 1.44. The fourth-order valence-electron chi connectivity index (χ4n) is 4.05. The molecule has 0 atom stereocenters. The molecule has 5 rings (SSSR count). The molecule has 0 bridgehead atoms. The summed E-state index contributed by atoms with van der Waals surface area (Å²) >= 11 is 5.91. The molecule has 9 heteroatoms. The maximum Gasteiger partial charge on any atom is 0.278 e. The van der Waals surface area contributed by atoms with Crippen molar-refractivity contribution in [1.82, 2.24) is 14.1 Å². The van der Waals surface area contributed by atoms with Crippen LogP contribution in [0.15, 0.2) is 77.9 Å². The molecule has 0 radical (unpaired) electrons. The summed E-state index contributed by atoms with van der Waals surface area (Å²) < 4.78 is 22.3. The second kappa shape index (κ2) is 9.23. The lowest BCUT2D eigenvalue weighted by Crippen LogP contribution is -2.25. The average Bonchev–Trinajstić information content (AvgIpc) is 3.15. The van der Waals surface area contributed by atoms with Gasteiger partial charge >= 0.3 is 0 Å². The first kappa shape index (κ1) is 22.6. The summed E-state index contributed by atoms with van der Waals surface area (Å²) in [4.78, 5) is 30.9. The predicted octanol–water partition coefficient (Wildman–Crippen LogP) is 4.84. The molecule has 1 amide bonds. The first-order chi connectivity index (χ1) is 16.9. The largest absolute Gasteiger partial charge is 0.497 e. The van der Waals surface area contributed by atoms with Gasteiger partial charge in [0.1, 0.15) is 29.1 Å². The summed E-state index contributed by atoms with van der Waals surface area (Å²) in [6, 6.07) is 18.2. The molecular weight excluding hydrogens is 471 g/mol. The Kier molecular flexibility index (Phi) is 5.96. The number of amides is 1. The Hall–Kier alpha value is -4.17. The SMILES string of the molecule is COc1ccc(Cn2cnc3c4cc(F)ccc4n(CC(=O)Nc4ccc(Cl)cc4)c3c2=O)cc1. The first-order valence-corrected chi connectivity index (χ1v) is 11.2. The number of fused-ring (bicyclic) bond motifs is 3. The Bertz CT molecular complexity index is 1610. The van der Waals surface area contributed by atoms with Crippen LogP contribution in [0.25, 0.3) is 21.9 Å². The Balaban J connectivity index is 1.57. The third kappa shape index (κ3) is 4.48. The van der Waals surface area contributed by atoms with Gasteiger partial charge in [0.05, 0.1) is 25.5 Å². The minimum Gasteiger partial charge on any atom is -0.497 e. The van der Waals surface area contributed by atoms with Gasteiger partial charge in [0, 0.05) is 16.1 Å². The molecule has 0 saturated heterocycles. The van der Waals surface area contributed by atoms with Gasteiger partial charge in [-0.15, -0.1) is 0 Å². The number of aromatic nitrogens is 3. The highest BCUT2D eigenvalue weighted by molar-refractivity contribution is 6.30. The minimum absolute atomic E-state index is 0.155. The van der Waals surface area contributed by atoms with E-state index in [1.165, 1.54) is 23.0 Å². The highest BCUT2D eigenvalue weighted by Gasteiger charge is 2.19. The molecule has 0 saturated carbocycles. The number of halogens is 2. The molecule has 0 aliphatic carbocycles. The lowest BCUT2D eigenvalue weighted by atomic mass is 10.2. The van der Waals surface area contributed by atoms with Crippen LogP contribution in [0.5, 0.6) is 5.75 Å². The number of methoxy groups -OCH3 is 1. The van der Waals surface area contributed by atoms with E-state index in [0.29, 0.717) is 32.9 Å². The Morgan fingerprint density at radius 2 is 1.83 bits per heavy atom. The maximum atomic E-state index is 14.1. The topological polar surface area (TPSA) is 78.2 Å². The molecule has 176 valence electrons. The number of anilines is 1. The number of hydrogen-bond acceptors (Lipinski definition) is 4. The number of rotatable bonds is 6. The number of nitrogens with one attached hydrogen (secondary N) is 1. The summed E-state index contributed by atoms with van der Waals surface area (Å²) in [6.45, 7) is 0.121. The van der Waals surface area contributed by atoms with Crippen LogP contribution >= 0.6 is 11.6 Å². The van der Waals surface area contributed by atoms with Gasteiger partial charge in [-0.2, -0.15) is 0 Å². The summed E-state index contributed by atoms with van der Waals surface area (Å²) in [5.41, 5.74) is 2.23. The van der Waals surface area contributed by atoms with Crippen molar-refractivity contribution in [2.45, 2.75) is 13.1 Å². The number of hydrogen-bond donors (Lipinski definition) is 1. The van der Waals surface area contributed by atoms with Crippen LogP contribution in [0.3, 0.4) is 0 Å². The monoisotopic (exact) mass is 490 g/mol. The van der Waals surface area contributed by atoms with Crippen molar-refractivity contribution in [3.05, 3.63) is 99.8 Å². The van der Waals surface area contributed by atoms with Gasteiger partial charge in [0.25, 0.3) is 5.56 Å². The van der Waals surface area contributed by atoms with E-state index in [-0.39, 0.29) is 30.1 Å². The highest BCUT2D eigenvalue weighted by Crippen LogP contribution is 2.26. The van der Waals surface area contributed by atoms with Crippen molar-refractivity contribution in [1.29, 1.82) is 0 Å². The molecule has 1 N–H and O–H groups in total. The van der Waals surface area contributed by atoms with Crippen molar-refractivity contribution in [3.8, 4) is 5.75 Å². The third-order valence-electron chi connectivity index (χ3n) is 5.73. The van der Waals surface area contributed by atoms with Gasteiger partial charge in [-0.3, -0.25) is 14.2 Å². The molecule has 3 aromatic carbocycles. The summed E-state index contributed by atoms with van der Waals surface area (Å²) in [5, 5.41) is 3.82. The molecule has 5 aromatic rings. The molecular formula is C26H20ClFN4O3. The second-order valence-corrected chi connectivity index (χ2v) is 8.46. The molecule has 0 fully saturated rings. The maximum absolute atomic E-state index is 14.1. The van der Waals surface area contributed by atoms with Crippen molar-refractivity contribution in [2.75, 3.05) is 12.4 Å². The van der Waals surface area contributed by atoms with E-state index in [4.69, 9.17) is 16.3 Å². The van der Waals surface area contributed by atoms with Crippen LogP contribution in [0.1, 0.15) is 5.56 Å². The number of nitrogens with zero attached hydrogens (tertiary/aromatic N) is 3. The van der Waals surface area contributed by atoms with Crippen molar-refractivity contribution in [2.24, 2.45) is 0 Å². The minimum atomic E-state index is -0.452. The smallest absolute Gasteiger partial charge is 0.278 e. The van der Waals surface area contributed by atoms with Crippen LogP contribution in [-0.2, 0) is 17.9 Å². The predicted molar refractivity (Wildman–Crippen MR) is 134 cm³/mol. The van der Waals surface area contributed by atoms with Crippen LogP contribution in [0.2, 0.25) is 5.02 Å². The van der Waals surface area contributed by atoms with Gasteiger partial charge in [0.2, 0.25) is 5.91 Å².